The van der Waals surface area contributed by atoms with Gasteiger partial charge in [-0.1, -0.05) is 15.9 Å². The van der Waals surface area contributed by atoms with Crippen LogP contribution in [0.5, 0.6) is 0 Å². The van der Waals surface area contributed by atoms with Crippen LogP contribution >= 0.6 is 43.5 Å². The first kappa shape index (κ1) is 15.0. The monoisotopic (exact) mass is 405 g/mol. The third-order valence-electron chi connectivity index (χ3n) is 2.69. The standard InChI is InChI=1S/C13H14Br2ClN3/c1-13(2,3)19-11(7-16)17-18-12(19)9-5-4-8(14)6-10(9)15/h4-6H,7H2,1-3H3. The van der Waals surface area contributed by atoms with E-state index in [2.05, 4.69) is 67.4 Å². The fraction of sp³-hybridized carbons (Fsp3) is 0.385. The molecule has 0 spiro atoms. The van der Waals surface area contributed by atoms with Crippen molar-refractivity contribution in [3.63, 3.8) is 0 Å². The molecule has 0 amide bonds. The molecule has 1 aromatic carbocycles. The summed E-state index contributed by atoms with van der Waals surface area (Å²) < 4.78 is 4.07. The number of aromatic nitrogens is 3. The molecule has 0 saturated carbocycles. The van der Waals surface area contributed by atoms with Gasteiger partial charge in [0.15, 0.2) is 5.82 Å². The van der Waals surface area contributed by atoms with E-state index in [1.165, 1.54) is 0 Å². The van der Waals surface area contributed by atoms with E-state index in [0.717, 1.165) is 26.2 Å². The van der Waals surface area contributed by atoms with Gasteiger partial charge >= 0.3 is 0 Å². The molecule has 0 aliphatic carbocycles. The molecular weight excluding hydrogens is 393 g/mol. The van der Waals surface area contributed by atoms with Gasteiger partial charge in [-0.2, -0.15) is 0 Å². The molecule has 3 nitrogen and oxygen atoms in total. The molecule has 102 valence electrons. The highest BCUT2D eigenvalue weighted by atomic mass is 79.9. The minimum atomic E-state index is -0.129. The predicted molar refractivity (Wildman–Crippen MR) is 85.4 cm³/mol. The largest absolute Gasteiger partial charge is 0.305 e. The van der Waals surface area contributed by atoms with Gasteiger partial charge in [0.25, 0.3) is 0 Å². The lowest BCUT2D eigenvalue weighted by Crippen LogP contribution is -2.24. The fourth-order valence-corrected chi connectivity index (χ4v) is 3.35. The van der Waals surface area contributed by atoms with Crippen molar-refractivity contribution in [3.05, 3.63) is 33.0 Å². The van der Waals surface area contributed by atoms with Gasteiger partial charge in [-0.15, -0.1) is 21.8 Å². The summed E-state index contributed by atoms with van der Waals surface area (Å²) in [5.74, 6) is 1.94. The molecule has 0 unspecified atom stereocenters. The maximum atomic E-state index is 5.96. The first-order valence-electron chi connectivity index (χ1n) is 5.80. The Morgan fingerprint density at radius 2 is 1.89 bits per heavy atom. The predicted octanol–water partition coefficient (Wildman–Crippen LogP) is 4.96. The number of hydrogen-bond donors (Lipinski definition) is 0. The van der Waals surface area contributed by atoms with Gasteiger partial charge in [-0.3, -0.25) is 0 Å². The van der Waals surface area contributed by atoms with Crippen LogP contribution < -0.4 is 0 Å². The number of benzene rings is 1. The first-order chi connectivity index (χ1) is 8.84. The van der Waals surface area contributed by atoms with Gasteiger partial charge in [-0.05, 0) is 54.9 Å². The minimum Gasteiger partial charge on any atom is -0.305 e. The van der Waals surface area contributed by atoms with E-state index in [4.69, 9.17) is 11.6 Å². The smallest absolute Gasteiger partial charge is 0.165 e. The Morgan fingerprint density at radius 1 is 1.21 bits per heavy atom. The van der Waals surface area contributed by atoms with E-state index in [-0.39, 0.29) is 5.54 Å². The van der Waals surface area contributed by atoms with Gasteiger partial charge in [0.1, 0.15) is 5.82 Å². The molecule has 2 aromatic rings. The molecule has 0 aliphatic heterocycles. The van der Waals surface area contributed by atoms with Crippen molar-refractivity contribution in [1.82, 2.24) is 14.8 Å². The molecule has 0 saturated heterocycles. The molecule has 0 N–H and O–H groups in total. The first-order valence-corrected chi connectivity index (χ1v) is 7.93. The summed E-state index contributed by atoms with van der Waals surface area (Å²) in [4.78, 5) is 0. The molecule has 0 bridgehead atoms. The van der Waals surface area contributed by atoms with E-state index in [1.54, 1.807) is 0 Å². The maximum absolute atomic E-state index is 5.96. The van der Waals surface area contributed by atoms with Crippen LogP contribution in [0.4, 0.5) is 0 Å². The van der Waals surface area contributed by atoms with E-state index in [0.29, 0.717) is 5.88 Å². The van der Waals surface area contributed by atoms with Gasteiger partial charge in [-0.25, -0.2) is 0 Å². The van der Waals surface area contributed by atoms with Gasteiger partial charge in [0.05, 0.1) is 5.88 Å². The highest BCUT2D eigenvalue weighted by molar-refractivity contribution is 9.11. The van der Waals surface area contributed by atoms with Gasteiger partial charge in [0.2, 0.25) is 0 Å². The molecule has 19 heavy (non-hydrogen) atoms. The number of hydrogen-bond acceptors (Lipinski definition) is 2. The van der Waals surface area contributed by atoms with Gasteiger partial charge < -0.3 is 4.57 Å². The maximum Gasteiger partial charge on any atom is 0.165 e. The van der Waals surface area contributed by atoms with Crippen LogP contribution in [0.1, 0.15) is 26.6 Å². The van der Waals surface area contributed by atoms with Crippen molar-refractivity contribution in [3.8, 4) is 11.4 Å². The van der Waals surface area contributed by atoms with E-state index in [1.807, 2.05) is 18.2 Å². The highest BCUT2D eigenvalue weighted by Crippen LogP contribution is 2.33. The quantitative estimate of drug-likeness (QED) is 0.659. The topological polar surface area (TPSA) is 30.7 Å². The third kappa shape index (κ3) is 3.03. The number of halogens is 3. The third-order valence-corrected chi connectivity index (χ3v) is 4.08. The van der Waals surface area contributed by atoms with Crippen LogP contribution in [0.25, 0.3) is 11.4 Å². The normalized spacial score (nSPS) is 11.9. The van der Waals surface area contributed by atoms with E-state index < -0.39 is 0 Å². The zero-order chi connectivity index (χ0) is 14.2. The average Bonchev–Trinajstić information content (AvgIpc) is 2.72. The molecule has 6 heteroatoms. The molecule has 0 atom stereocenters. The Morgan fingerprint density at radius 3 is 2.42 bits per heavy atom. The summed E-state index contributed by atoms with van der Waals surface area (Å²) in [6, 6.07) is 6.00. The average molecular weight is 408 g/mol. The second kappa shape index (κ2) is 5.54. The zero-order valence-corrected chi connectivity index (χ0v) is 14.8. The Balaban J connectivity index is 2.66. The molecule has 2 rings (SSSR count). The summed E-state index contributed by atoms with van der Waals surface area (Å²) in [5, 5.41) is 8.49. The molecule has 0 radical (unpaired) electrons. The molecule has 0 fully saturated rings. The van der Waals surface area contributed by atoms with Crippen LogP contribution in [0.15, 0.2) is 27.1 Å². The van der Waals surface area contributed by atoms with Crippen LogP contribution in [-0.2, 0) is 11.4 Å². The summed E-state index contributed by atoms with van der Waals surface area (Å²) in [5.41, 5.74) is 0.872. The van der Waals surface area contributed by atoms with Crippen molar-refractivity contribution in [2.24, 2.45) is 0 Å². The second-order valence-corrected chi connectivity index (χ2v) is 7.24. The van der Waals surface area contributed by atoms with Crippen LogP contribution in [0, 0.1) is 0 Å². The summed E-state index contributed by atoms with van der Waals surface area (Å²) in [7, 11) is 0. The van der Waals surface area contributed by atoms with Crippen LogP contribution in [0.3, 0.4) is 0 Å². The number of rotatable bonds is 2. The summed E-state index contributed by atoms with van der Waals surface area (Å²) in [6.07, 6.45) is 0. The Bertz CT molecular complexity index is 602. The molecule has 0 aliphatic rings. The minimum absolute atomic E-state index is 0.129. The van der Waals surface area contributed by atoms with Gasteiger partial charge in [0, 0.05) is 20.0 Å². The van der Waals surface area contributed by atoms with Crippen molar-refractivity contribution < 1.29 is 0 Å². The van der Waals surface area contributed by atoms with Crippen molar-refractivity contribution in [1.29, 1.82) is 0 Å². The lowest BCUT2D eigenvalue weighted by molar-refractivity contribution is 0.390. The fourth-order valence-electron chi connectivity index (χ4n) is 1.95. The Hall–Kier alpha value is -0.390. The summed E-state index contributed by atoms with van der Waals surface area (Å²) in [6.45, 7) is 6.34. The lowest BCUT2D eigenvalue weighted by atomic mass is 10.1. The Kier molecular flexibility index (Phi) is 4.38. The van der Waals surface area contributed by atoms with Crippen molar-refractivity contribution >= 4 is 43.5 Å². The Labute approximate surface area is 134 Å². The van der Waals surface area contributed by atoms with E-state index in [9.17, 15) is 0 Å². The molecule has 1 aromatic heterocycles. The lowest BCUT2D eigenvalue weighted by Gasteiger charge is -2.24. The van der Waals surface area contributed by atoms with E-state index >= 15 is 0 Å². The van der Waals surface area contributed by atoms with Crippen molar-refractivity contribution in [2.75, 3.05) is 0 Å². The zero-order valence-electron chi connectivity index (χ0n) is 10.9. The molecular formula is C13H14Br2ClN3. The van der Waals surface area contributed by atoms with Crippen LogP contribution in [-0.4, -0.2) is 14.8 Å². The van der Waals surface area contributed by atoms with Crippen LogP contribution in [0.2, 0.25) is 0 Å². The number of nitrogens with zero attached hydrogens (tertiary/aromatic N) is 3. The number of alkyl halides is 1. The second-order valence-electron chi connectivity index (χ2n) is 5.20. The summed E-state index contributed by atoms with van der Waals surface area (Å²) >= 11 is 13.0. The molecule has 1 heterocycles. The highest BCUT2D eigenvalue weighted by Gasteiger charge is 2.24. The van der Waals surface area contributed by atoms with Crippen molar-refractivity contribution in [2.45, 2.75) is 32.2 Å². The SMILES string of the molecule is CC(C)(C)n1c(CCl)nnc1-c1ccc(Br)cc1Br.